The quantitative estimate of drug-likeness (QED) is 0.780. The lowest BCUT2D eigenvalue weighted by atomic mass is 10.2. The minimum atomic E-state index is 0.790. The maximum atomic E-state index is 4.00. The van der Waals surface area contributed by atoms with E-state index in [1.54, 1.807) is 17.5 Å². The van der Waals surface area contributed by atoms with Crippen molar-refractivity contribution in [2.24, 2.45) is 0 Å². The first-order valence-corrected chi connectivity index (χ1v) is 5.88. The molecule has 0 unspecified atom stereocenters. The van der Waals surface area contributed by atoms with Gasteiger partial charge in [0.15, 0.2) is 0 Å². The van der Waals surface area contributed by atoms with Crippen LogP contribution in [0.2, 0.25) is 0 Å². The molecule has 0 aliphatic rings. The molecule has 2 aromatic rings. The highest BCUT2D eigenvalue weighted by Gasteiger charge is 1.94. The van der Waals surface area contributed by atoms with Crippen molar-refractivity contribution >= 4 is 11.3 Å². The zero-order valence-corrected chi connectivity index (χ0v) is 9.20. The van der Waals surface area contributed by atoms with Gasteiger partial charge >= 0.3 is 0 Å². The second kappa shape index (κ2) is 5.58. The molecular formula is C11H13N3S. The molecule has 78 valence electrons. The Morgan fingerprint density at radius 3 is 3.07 bits per heavy atom. The molecule has 3 nitrogen and oxygen atoms in total. The summed E-state index contributed by atoms with van der Waals surface area (Å²) < 4.78 is 0. The van der Waals surface area contributed by atoms with Gasteiger partial charge in [-0.2, -0.15) is 21.5 Å². The number of hydrogen-bond acceptors (Lipinski definition) is 4. The molecule has 0 amide bonds. The Morgan fingerprint density at radius 2 is 2.33 bits per heavy atom. The number of nitrogens with zero attached hydrogens (tertiary/aromatic N) is 2. The summed E-state index contributed by atoms with van der Waals surface area (Å²) in [6.07, 6.45) is 2.76. The van der Waals surface area contributed by atoms with Gasteiger partial charge in [-0.15, -0.1) is 0 Å². The van der Waals surface area contributed by atoms with Gasteiger partial charge in [0.25, 0.3) is 0 Å². The number of thiophene rings is 1. The molecule has 0 fully saturated rings. The Kier molecular flexibility index (Phi) is 3.82. The predicted molar refractivity (Wildman–Crippen MR) is 61.8 cm³/mol. The summed E-state index contributed by atoms with van der Waals surface area (Å²) in [5, 5.41) is 15.5. The normalized spacial score (nSPS) is 10.4. The van der Waals surface area contributed by atoms with E-state index in [1.807, 2.05) is 12.1 Å². The zero-order chi connectivity index (χ0) is 10.3. The second-order valence-electron chi connectivity index (χ2n) is 3.27. The molecule has 0 aliphatic carbocycles. The van der Waals surface area contributed by atoms with Crippen LogP contribution in [-0.4, -0.2) is 16.7 Å². The van der Waals surface area contributed by atoms with Gasteiger partial charge in [-0.3, -0.25) is 0 Å². The van der Waals surface area contributed by atoms with Crippen molar-refractivity contribution in [3.63, 3.8) is 0 Å². The van der Waals surface area contributed by atoms with Crippen LogP contribution in [-0.2, 0) is 13.0 Å². The van der Waals surface area contributed by atoms with E-state index in [-0.39, 0.29) is 0 Å². The van der Waals surface area contributed by atoms with Gasteiger partial charge in [-0.1, -0.05) is 0 Å². The van der Waals surface area contributed by atoms with Crippen LogP contribution in [0.15, 0.2) is 35.2 Å². The van der Waals surface area contributed by atoms with Gasteiger partial charge in [0.2, 0.25) is 0 Å². The molecule has 1 N–H and O–H groups in total. The Hall–Kier alpha value is -1.26. The molecule has 0 saturated carbocycles. The lowest BCUT2D eigenvalue weighted by Crippen LogP contribution is -2.17. The molecule has 2 heterocycles. The van der Waals surface area contributed by atoms with E-state index in [0.717, 1.165) is 25.2 Å². The third-order valence-corrected chi connectivity index (χ3v) is 2.84. The molecule has 2 aromatic heterocycles. The average Bonchev–Trinajstić information content (AvgIpc) is 2.79. The molecule has 0 saturated heterocycles. The van der Waals surface area contributed by atoms with Crippen molar-refractivity contribution in [1.29, 1.82) is 0 Å². The fourth-order valence-corrected chi connectivity index (χ4v) is 2.01. The number of nitrogens with one attached hydrogen (secondary N) is 1. The molecule has 0 radical (unpaired) electrons. The van der Waals surface area contributed by atoms with E-state index >= 15 is 0 Å². The summed E-state index contributed by atoms with van der Waals surface area (Å²) in [7, 11) is 0. The summed E-state index contributed by atoms with van der Waals surface area (Å²) in [5.41, 5.74) is 2.38. The predicted octanol–water partition coefficient (Wildman–Crippen LogP) is 1.87. The Bertz CT molecular complexity index is 372. The number of hydrogen-bond donors (Lipinski definition) is 1. The third-order valence-electron chi connectivity index (χ3n) is 2.10. The summed E-state index contributed by atoms with van der Waals surface area (Å²) in [4.78, 5) is 0. The van der Waals surface area contributed by atoms with Gasteiger partial charge in [-0.25, -0.2) is 0 Å². The molecule has 0 bridgehead atoms. The highest BCUT2D eigenvalue weighted by molar-refractivity contribution is 7.07. The summed E-state index contributed by atoms with van der Waals surface area (Å²) in [6, 6.07) is 6.04. The minimum Gasteiger partial charge on any atom is -0.311 e. The van der Waals surface area contributed by atoms with E-state index in [9.17, 15) is 0 Å². The second-order valence-corrected chi connectivity index (χ2v) is 4.05. The van der Waals surface area contributed by atoms with Gasteiger partial charge in [0.05, 0.1) is 5.69 Å². The largest absolute Gasteiger partial charge is 0.311 e. The fourth-order valence-electron chi connectivity index (χ4n) is 1.31. The molecule has 15 heavy (non-hydrogen) atoms. The fraction of sp³-hybridized carbons (Fsp3) is 0.273. The van der Waals surface area contributed by atoms with E-state index in [2.05, 4.69) is 32.3 Å². The van der Waals surface area contributed by atoms with Crippen molar-refractivity contribution in [1.82, 2.24) is 15.5 Å². The number of aromatic nitrogens is 2. The molecule has 0 aromatic carbocycles. The van der Waals surface area contributed by atoms with Crippen molar-refractivity contribution in [2.45, 2.75) is 13.0 Å². The van der Waals surface area contributed by atoms with Crippen molar-refractivity contribution < 1.29 is 0 Å². The van der Waals surface area contributed by atoms with Crippen molar-refractivity contribution in [3.05, 3.63) is 46.4 Å². The van der Waals surface area contributed by atoms with Crippen LogP contribution < -0.4 is 5.32 Å². The van der Waals surface area contributed by atoms with Gasteiger partial charge in [0, 0.05) is 12.7 Å². The SMILES string of the molecule is c1cnnc(CNCCc2ccsc2)c1. The summed E-state index contributed by atoms with van der Waals surface area (Å²) >= 11 is 1.74. The topological polar surface area (TPSA) is 37.8 Å². The van der Waals surface area contributed by atoms with Crippen LogP contribution in [0.1, 0.15) is 11.3 Å². The van der Waals surface area contributed by atoms with Crippen LogP contribution in [0.25, 0.3) is 0 Å². The summed E-state index contributed by atoms with van der Waals surface area (Å²) in [6.45, 7) is 1.77. The molecule has 0 atom stereocenters. The standard InChI is InChI=1S/C11H13N3S/c1-2-11(14-13-5-1)8-12-6-3-10-4-7-15-9-10/h1-2,4-5,7,9,12H,3,6,8H2. The van der Waals surface area contributed by atoms with E-state index in [1.165, 1.54) is 5.56 Å². The third kappa shape index (κ3) is 3.42. The highest BCUT2D eigenvalue weighted by Crippen LogP contribution is 2.05. The first-order chi connectivity index (χ1) is 7.45. The highest BCUT2D eigenvalue weighted by atomic mass is 32.1. The van der Waals surface area contributed by atoms with Crippen LogP contribution in [0.3, 0.4) is 0 Å². The van der Waals surface area contributed by atoms with Crippen LogP contribution >= 0.6 is 11.3 Å². The minimum absolute atomic E-state index is 0.790. The average molecular weight is 219 g/mol. The monoisotopic (exact) mass is 219 g/mol. The van der Waals surface area contributed by atoms with Crippen molar-refractivity contribution in [2.75, 3.05) is 6.54 Å². The molecular weight excluding hydrogens is 206 g/mol. The lowest BCUT2D eigenvalue weighted by Gasteiger charge is -2.02. The molecule has 0 spiro atoms. The Labute approximate surface area is 93.2 Å². The van der Waals surface area contributed by atoms with Crippen LogP contribution in [0.4, 0.5) is 0 Å². The van der Waals surface area contributed by atoms with Crippen LogP contribution in [0.5, 0.6) is 0 Å². The van der Waals surface area contributed by atoms with Crippen LogP contribution in [0, 0.1) is 0 Å². The lowest BCUT2D eigenvalue weighted by molar-refractivity contribution is 0.667. The first kappa shape index (κ1) is 10.3. The maximum Gasteiger partial charge on any atom is 0.0768 e. The maximum absolute atomic E-state index is 4.00. The Morgan fingerprint density at radius 1 is 1.33 bits per heavy atom. The van der Waals surface area contributed by atoms with Gasteiger partial charge in [-0.05, 0) is 47.5 Å². The smallest absolute Gasteiger partial charge is 0.0768 e. The van der Waals surface area contributed by atoms with Gasteiger partial charge in [0.1, 0.15) is 0 Å². The van der Waals surface area contributed by atoms with E-state index in [0.29, 0.717) is 0 Å². The molecule has 0 aliphatic heterocycles. The molecule has 2 rings (SSSR count). The van der Waals surface area contributed by atoms with Gasteiger partial charge < -0.3 is 5.32 Å². The van der Waals surface area contributed by atoms with Crippen molar-refractivity contribution in [3.8, 4) is 0 Å². The number of rotatable bonds is 5. The van der Waals surface area contributed by atoms with E-state index in [4.69, 9.17) is 0 Å². The first-order valence-electron chi connectivity index (χ1n) is 4.93. The Balaban J connectivity index is 1.68. The summed E-state index contributed by atoms with van der Waals surface area (Å²) in [5.74, 6) is 0. The van der Waals surface area contributed by atoms with E-state index < -0.39 is 0 Å². The zero-order valence-electron chi connectivity index (χ0n) is 8.39. The molecule has 4 heteroatoms.